The number of allylic oxidation sites excluding steroid dienone is 1. The number of hydrogen-bond acceptors (Lipinski definition) is 0. The van der Waals surface area contributed by atoms with Crippen LogP contribution in [0.2, 0.25) is 0 Å². The maximum atomic E-state index is 13.5. The fraction of sp³-hybridized carbons (Fsp3) is 0.462. The largest absolute Gasteiger partial charge is 0.204 e. The van der Waals surface area contributed by atoms with Crippen molar-refractivity contribution in [3.63, 3.8) is 0 Å². The molecule has 2 aromatic carbocycles. The van der Waals surface area contributed by atoms with Gasteiger partial charge < -0.3 is 0 Å². The highest BCUT2D eigenvalue weighted by molar-refractivity contribution is 5.64. The van der Waals surface area contributed by atoms with Gasteiger partial charge in [0.1, 0.15) is 0 Å². The van der Waals surface area contributed by atoms with Gasteiger partial charge in [-0.05, 0) is 97.4 Å². The van der Waals surface area contributed by atoms with Gasteiger partial charge in [-0.1, -0.05) is 36.8 Å². The Kier molecular flexibility index (Phi) is 6.12. The summed E-state index contributed by atoms with van der Waals surface area (Å²) in [6.07, 6.45) is 12.3. The van der Waals surface area contributed by atoms with E-state index in [0.717, 1.165) is 36.3 Å². The molecule has 0 heterocycles. The second kappa shape index (κ2) is 8.77. The van der Waals surface area contributed by atoms with E-state index in [0.29, 0.717) is 17.0 Å². The van der Waals surface area contributed by atoms with Gasteiger partial charge in [-0.2, -0.15) is 0 Å². The van der Waals surface area contributed by atoms with Crippen molar-refractivity contribution in [2.24, 2.45) is 17.8 Å². The van der Waals surface area contributed by atoms with Crippen LogP contribution in [-0.4, -0.2) is 0 Å². The van der Waals surface area contributed by atoms with Gasteiger partial charge >= 0.3 is 0 Å². The molecule has 3 heteroatoms. The quantitative estimate of drug-likeness (QED) is 0.353. The molecule has 0 aromatic heterocycles. The van der Waals surface area contributed by atoms with E-state index < -0.39 is 17.5 Å². The number of benzene rings is 2. The summed E-state index contributed by atoms with van der Waals surface area (Å²) >= 11 is 0. The van der Waals surface area contributed by atoms with Crippen molar-refractivity contribution < 1.29 is 13.2 Å². The molecule has 154 valence electrons. The fourth-order valence-electron chi connectivity index (χ4n) is 5.57. The summed E-state index contributed by atoms with van der Waals surface area (Å²) in [5.41, 5.74) is 2.39. The van der Waals surface area contributed by atoms with Crippen LogP contribution in [-0.2, 0) is 0 Å². The van der Waals surface area contributed by atoms with Crippen molar-refractivity contribution in [2.75, 3.05) is 0 Å². The molecule has 4 unspecified atom stereocenters. The van der Waals surface area contributed by atoms with Crippen LogP contribution >= 0.6 is 0 Å². The van der Waals surface area contributed by atoms with Crippen molar-refractivity contribution in [3.05, 3.63) is 72.1 Å². The van der Waals surface area contributed by atoms with E-state index in [-0.39, 0.29) is 0 Å². The van der Waals surface area contributed by atoms with Crippen LogP contribution in [0.25, 0.3) is 11.1 Å². The van der Waals surface area contributed by atoms with Gasteiger partial charge in [0.2, 0.25) is 0 Å². The number of rotatable bonds is 5. The Labute approximate surface area is 171 Å². The summed E-state index contributed by atoms with van der Waals surface area (Å²) < 4.78 is 40.3. The van der Waals surface area contributed by atoms with Gasteiger partial charge in [-0.15, -0.1) is 6.58 Å². The predicted molar refractivity (Wildman–Crippen MR) is 112 cm³/mol. The Morgan fingerprint density at radius 3 is 2.17 bits per heavy atom. The highest BCUT2D eigenvalue weighted by atomic mass is 19.2. The summed E-state index contributed by atoms with van der Waals surface area (Å²) in [5.74, 6) is -0.565. The normalized spacial score (nSPS) is 26.7. The monoisotopic (exact) mass is 398 g/mol. The summed E-state index contributed by atoms with van der Waals surface area (Å²) in [4.78, 5) is 0. The number of fused-ring (bicyclic) bond motifs is 1. The van der Waals surface area contributed by atoms with Gasteiger partial charge in [0.05, 0.1) is 0 Å². The molecule has 0 aliphatic heterocycles. The Morgan fingerprint density at radius 2 is 1.48 bits per heavy atom. The smallest absolute Gasteiger partial charge is 0.194 e. The molecule has 4 atom stereocenters. The Balaban J connectivity index is 1.41. The van der Waals surface area contributed by atoms with Gasteiger partial charge in [0.15, 0.2) is 17.5 Å². The lowest BCUT2D eigenvalue weighted by atomic mass is 9.63. The van der Waals surface area contributed by atoms with Crippen molar-refractivity contribution >= 4 is 0 Å². The molecule has 0 N–H and O–H groups in total. The minimum absolute atomic E-state index is 0.370. The van der Waals surface area contributed by atoms with Gasteiger partial charge in [0.25, 0.3) is 0 Å². The fourth-order valence-corrected chi connectivity index (χ4v) is 5.57. The van der Waals surface area contributed by atoms with Crippen LogP contribution in [0, 0.1) is 35.2 Å². The van der Waals surface area contributed by atoms with E-state index >= 15 is 0 Å². The molecule has 2 aliphatic rings. The minimum Gasteiger partial charge on any atom is -0.204 e. The van der Waals surface area contributed by atoms with Gasteiger partial charge in [0, 0.05) is 0 Å². The molecular weight excluding hydrogens is 369 g/mol. The maximum absolute atomic E-state index is 13.5. The maximum Gasteiger partial charge on any atom is 0.194 e. The topological polar surface area (TPSA) is 0 Å². The molecule has 0 saturated heterocycles. The highest BCUT2D eigenvalue weighted by Gasteiger charge is 2.35. The van der Waals surface area contributed by atoms with Crippen LogP contribution in [0.4, 0.5) is 13.2 Å². The second-order valence-electron chi connectivity index (χ2n) is 8.95. The van der Waals surface area contributed by atoms with Crippen molar-refractivity contribution in [3.8, 4) is 11.1 Å². The van der Waals surface area contributed by atoms with E-state index in [1.165, 1.54) is 50.5 Å². The van der Waals surface area contributed by atoms with Crippen LogP contribution in [0.3, 0.4) is 0 Å². The van der Waals surface area contributed by atoms with Crippen molar-refractivity contribution in [1.82, 2.24) is 0 Å². The summed E-state index contributed by atoms with van der Waals surface area (Å²) in [6, 6.07) is 10.1. The zero-order chi connectivity index (χ0) is 20.4. The molecule has 2 aliphatic carbocycles. The summed E-state index contributed by atoms with van der Waals surface area (Å²) in [7, 11) is 0. The van der Waals surface area contributed by atoms with Crippen LogP contribution in [0.1, 0.15) is 62.8 Å². The lowest BCUT2D eigenvalue weighted by Crippen LogP contribution is -2.30. The van der Waals surface area contributed by atoms with E-state index in [2.05, 4.69) is 18.7 Å². The minimum atomic E-state index is -1.42. The SMILES string of the molecule is C=CCCC1CCC2CC(c3ccc(-c4cc(F)c(F)c(F)c4)cc3)CCC2C1. The number of halogens is 3. The summed E-state index contributed by atoms with van der Waals surface area (Å²) in [6.45, 7) is 3.85. The first kappa shape index (κ1) is 20.3. The molecule has 2 saturated carbocycles. The molecule has 0 spiro atoms. The Bertz CT molecular complexity index is 832. The first-order valence-electron chi connectivity index (χ1n) is 10.9. The van der Waals surface area contributed by atoms with E-state index in [9.17, 15) is 13.2 Å². The van der Waals surface area contributed by atoms with Gasteiger partial charge in [-0.25, -0.2) is 13.2 Å². The molecular formula is C26H29F3. The average Bonchev–Trinajstić information content (AvgIpc) is 2.75. The Hall–Kier alpha value is -2.03. The third kappa shape index (κ3) is 4.44. The third-order valence-electron chi connectivity index (χ3n) is 7.20. The van der Waals surface area contributed by atoms with E-state index in [4.69, 9.17) is 0 Å². The van der Waals surface area contributed by atoms with E-state index in [1.807, 2.05) is 18.2 Å². The van der Waals surface area contributed by atoms with Gasteiger partial charge in [-0.3, -0.25) is 0 Å². The average molecular weight is 399 g/mol. The highest BCUT2D eigenvalue weighted by Crippen LogP contribution is 2.48. The summed E-state index contributed by atoms with van der Waals surface area (Å²) in [5, 5.41) is 0. The Morgan fingerprint density at radius 1 is 0.828 bits per heavy atom. The number of hydrogen-bond donors (Lipinski definition) is 0. The van der Waals surface area contributed by atoms with Crippen LogP contribution in [0.15, 0.2) is 49.1 Å². The molecule has 0 nitrogen and oxygen atoms in total. The second-order valence-corrected chi connectivity index (χ2v) is 8.95. The molecule has 0 radical (unpaired) electrons. The lowest BCUT2D eigenvalue weighted by Gasteiger charge is -2.42. The van der Waals surface area contributed by atoms with Crippen LogP contribution in [0.5, 0.6) is 0 Å². The van der Waals surface area contributed by atoms with Crippen LogP contribution < -0.4 is 0 Å². The third-order valence-corrected chi connectivity index (χ3v) is 7.20. The molecule has 0 amide bonds. The molecule has 2 fully saturated rings. The van der Waals surface area contributed by atoms with E-state index in [1.54, 1.807) is 0 Å². The van der Waals surface area contributed by atoms with Crippen molar-refractivity contribution in [2.45, 2.75) is 57.3 Å². The molecule has 2 aromatic rings. The van der Waals surface area contributed by atoms with Crippen molar-refractivity contribution in [1.29, 1.82) is 0 Å². The predicted octanol–water partition coefficient (Wildman–Crippen LogP) is 8.04. The molecule has 4 rings (SSSR count). The first-order chi connectivity index (χ1) is 14.0. The molecule has 29 heavy (non-hydrogen) atoms. The zero-order valence-electron chi connectivity index (χ0n) is 16.8. The molecule has 0 bridgehead atoms. The first-order valence-corrected chi connectivity index (χ1v) is 10.9. The lowest BCUT2D eigenvalue weighted by molar-refractivity contribution is 0.115. The zero-order valence-corrected chi connectivity index (χ0v) is 16.8. The standard InChI is InChI=1S/C26H29F3/c1-2-3-4-17-5-6-22-14-21(12-11-20(22)13-17)18-7-9-19(10-8-18)23-15-24(27)26(29)25(28)16-23/h2,7-10,15-17,20-22H,1,3-6,11-14H2.